The number of benzene rings is 1. The Hall–Kier alpha value is -2.22. The molecule has 0 N–H and O–H groups in total. The second-order valence-corrected chi connectivity index (χ2v) is 6.09. The lowest BCUT2D eigenvalue weighted by molar-refractivity contribution is -0.141. The molecule has 1 saturated heterocycles. The highest BCUT2D eigenvalue weighted by atomic mass is 35.5. The normalized spacial score (nSPS) is 17.4. The van der Waals surface area contributed by atoms with E-state index in [4.69, 9.17) is 16.3 Å². The molecule has 0 bridgehead atoms. The van der Waals surface area contributed by atoms with Crippen LogP contribution >= 0.6 is 11.6 Å². The molecule has 2 aromatic rings. The van der Waals surface area contributed by atoms with Crippen LogP contribution in [0.4, 0.5) is 13.2 Å². The first kappa shape index (κ1) is 17.6. The van der Waals surface area contributed by atoms with Crippen LogP contribution in [0.5, 0.6) is 5.75 Å². The minimum Gasteiger partial charge on any atom is -0.497 e. The van der Waals surface area contributed by atoms with Crippen LogP contribution < -0.4 is 4.74 Å². The molecule has 134 valence electrons. The molecular formula is C16H15ClF3N3O2. The smallest absolute Gasteiger partial charge is 0.436 e. The average Bonchev–Trinajstić information content (AvgIpc) is 2.81. The van der Waals surface area contributed by atoms with Gasteiger partial charge in [-0.1, -0.05) is 23.7 Å². The summed E-state index contributed by atoms with van der Waals surface area (Å²) in [5, 5.41) is 2.69. The molecule has 0 saturated carbocycles. The average molecular weight is 374 g/mol. The van der Waals surface area contributed by atoms with Crippen molar-refractivity contribution in [3.8, 4) is 5.75 Å². The fraction of sp³-hybridized carbons (Fsp3) is 0.375. The quantitative estimate of drug-likeness (QED) is 0.824. The Balaban J connectivity index is 1.90. The van der Waals surface area contributed by atoms with Crippen LogP contribution in [0.15, 0.2) is 24.3 Å². The van der Waals surface area contributed by atoms with E-state index in [0.717, 1.165) is 10.2 Å². The fourth-order valence-corrected chi connectivity index (χ4v) is 3.22. The van der Waals surface area contributed by atoms with Crippen LogP contribution in [0.3, 0.4) is 0 Å². The van der Waals surface area contributed by atoms with Crippen molar-refractivity contribution in [3.63, 3.8) is 0 Å². The molecule has 0 unspecified atom stereocenters. The van der Waals surface area contributed by atoms with Crippen molar-refractivity contribution in [2.45, 2.75) is 18.6 Å². The Morgan fingerprint density at radius 3 is 2.64 bits per heavy atom. The van der Waals surface area contributed by atoms with Crippen LogP contribution in [-0.4, -0.2) is 34.2 Å². The van der Waals surface area contributed by atoms with E-state index in [2.05, 4.69) is 5.10 Å². The molecule has 9 heteroatoms. The Kier molecular flexibility index (Phi) is 4.40. The number of carbonyl (C=O) groups excluding carboxylic acids is 1. The molecule has 1 aromatic heterocycles. The highest BCUT2D eigenvalue weighted by Gasteiger charge is 2.42. The van der Waals surface area contributed by atoms with Gasteiger partial charge >= 0.3 is 6.18 Å². The Morgan fingerprint density at radius 2 is 2.12 bits per heavy atom. The van der Waals surface area contributed by atoms with Gasteiger partial charge in [-0.25, -0.2) is 0 Å². The van der Waals surface area contributed by atoms with Gasteiger partial charge in [-0.2, -0.15) is 18.3 Å². The van der Waals surface area contributed by atoms with E-state index in [1.807, 2.05) is 6.07 Å². The summed E-state index contributed by atoms with van der Waals surface area (Å²) in [5.74, 6) is 0.0734. The summed E-state index contributed by atoms with van der Waals surface area (Å²) in [6.07, 6.45) is -4.00. The lowest BCUT2D eigenvalue weighted by Gasteiger charge is -2.41. The molecule has 5 nitrogen and oxygen atoms in total. The molecule has 0 aliphatic carbocycles. The van der Waals surface area contributed by atoms with Crippen molar-refractivity contribution >= 4 is 17.5 Å². The maximum atomic E-state index is 12.9. The molecule has 1 fully saturated rings. The topological polar surface area (TPSA) is 47.4 Å². The maximum Gasteiger partial charge on any atom is 0.436 e. The van der Waals surface area contributed by atoms with Gasteiger partial charge < -0.3 is 9.64 Å². The van der Waals surface area contributed by atoms with Crippen molar-refractivity contribution in [1.82, 2.24) is 14.7 Å². The van der Waals surface area contributed by atoms with E-state index >= 15 is 0 Å². The molecule has 1 aliphatic rings. The summed E-state index contributed by atoms with van der Waals surface area (Å²) in [6, 6.07) is 6.99. The Labute approximate surface area is 146 Å². The number of aryl methyl sites for hydroxylation is 1. The van der Waals surface area contributed by atoms with E-state index in [-0.39, 0.29) is 11.7 Å². The van der Waals surface area contributed by atoms with Crippen molar-refractivity contribution in [2.24, 2.45) is 7.05 Å². The number of alkyl halides is 3. The molecule has 0 radical (unpaired) electrons. The molecule has 25 heavy (non-hydrogen) atoms. The zero-order chi connectivity index (χ0) is 18.4. The standard InChI is InChI=1S/C16H15ClF3N3O2/c1-22-13(12(17)14(21-22)16(18,19)20)15(24)23-7-6-11(23)9-4-3-5-10(8-9)25-2/h3-5,8,11H,6-7H2,1-2H3/t11-/m0/s1. The third-order valence-corrected chi connectivity index (χ3v) is 4.58. The van der Waals surface area contributed by atoms with Crippen molar-refractivity contribution in [1.29, 1.82) is 0 Å². The van der Waals surface area contributed by atoms with Gasteiger partial charge in [0.1, 0.15) is 16.5 Å². The van der Waals surface area contributed by atoms with Gasteiger partial charge in [-0.05, 0) is 24.1 Å². The second kappa shape index (κ2) is 6.25. The molecular weight excluding hydrogens is 359 g/mol. The first-order chi connectivity index (χ1) is 11.7. The Morgan fingerprint density at radius 1 is 1.40 bits per heavy atom. The number of ether oxygens (including phenoxy) is 1. The van der Waals surface area contributed by atoms with E-state index in [0.29, 0.717) is 18.7 Å². The monoisotopic (exact) mass is 373 g/mol. The lowest BCUT2D eigenvalue weighted by Crippen LogP contribution is -2.45. The van der Waals surface area contributed by atoms with Crippen LogP contribution in [0.1, 0.15) is 34.2 Å². The molecule has 1 aromatic carbocycles. The van der Waals surface area contributed by atoms with E-state index < -0.39 is 22.8 Å². The van der Waals surface area contributed by atoms with E-state index in [9.17, 15) is 18.0 Å². The van der Waals surface area contributed by atoms with Crippen molar-refractivity contribution in [3.05, 3.63) is 46.2 Å². The minimum absolute atomic E-state index is 0.233. The molecule has 1 amide bonds. The number of amides is 1. The first-order valence-corrected chi connectivity index (χ1v) is 7.86. The van der Waals surface area contributed by atoms with Gasteiger partial charge in [0.2, 0.25) is 0 Å². The third kappa shape index (κ3) is 3.06. The van der Waals surface area contributed by atoms with Crippen LogP contribution in [-0.2, 0) is 13.2 Å². The third-order valence-electron chi connectivity index (χ3n) is 4.22. The fourth-order valence-electron chi connectivity index (χ4n) is 2.87. The van der Waals surface area contributed by atoms with E-state index in [1.54, 1.807) is 18.2 Å². The van der Waals surface area contributed by atoms with Gasteiger partial charge in [0, 0.05) is 13.6 Å². The highest BCUT2D eigenvalue weighted by Crippen LogP contribution is 2.39. The number of halogens is 4. The second-order valence-electron chi connectivity index (χ2n) is 5.71. The van der Waals surface area contributed by atoms with Gasteiger partial charge in [-0.3, -0.25) is 9.48 Å². The van der Waals surface area contributed by atoms with Crippen molar-refractivity contribution in [2.75, 3.05) is 13.7 Å². The highest BCUT2D eigenvalue weighted by molar-refractivity contribution is 6.34. The van der Waals surface area contributed by atoms with Crippen LogP contribution in [0.25, 0.3) is 0 Å². The van der Waals surface area contributed by atoms with Gasteiger partial charge in [0.15, 0.2) is 5.69 Å². The number of likely N-dealkylation sites (tertiary alicyclic amines) is 1. The number of aromatic nitrogens is 2. The lowest BCUT2D eigenvalue weighted by atomic mass is 9.94. The summed E-state index contributed by atoms with van der Waals surface area (Å²) in [7, 11) is 2.81. The number of rotatable bonds is 3. The largest absolute Gasteiger partial charge is 0.497 e. The van der Waals surface area contributed by atoms with Crippen molar-refractivity contribution < 1.29 is 22.7 Å². The molecule has 0 spiro atoms. The number of hydrogen-bond donors (Lipinski definition) is 0. The number of nitrogens with zero attached hydrogens (tertiary/aromatic N) is 3. The van der Waals surface area contributed by atoms with E-state index in [1.165, 1.54) is 19.1 Å². The number of carbonyl (C=O) groups is 1. The zero-order valence-electron chi connectivity index (χ0n) is 13.5. The minimum atomic E-state index is -4.71. The zero-order valence-corrected chi connectivity index (χ0v) is 14.2. The van der Waals surface area contributed by atoms with Gasteiger partial charge in [0.25, 0.3) is 5.91 Å². The predicted molar refractivity (Wildman–Crippen MR) is 84.6 cm³/mol. The summed E-state index contributed by atoms with van der Waals surface area (Å²) in [6.45, 7) is 0.434. The first-order valence-electron chi connectivity index (χ1n) is 7.48. The predicted octanol–water partition coefficient (Wildman–Crippen LogP) is 3.69. The van der Waals surface area contributed by atoms with Gasteiger partial charge in [0.05, 0.1) is 13.2 Å². The molecule has 1 atom stereocenters. The van der Waals surface area contributed by atoms with Gasteiger partial charge in [-0.15, -0.1) is 0 Å². The SMILES string of the molecule is COc1cccc([C@@H]2CCN2C(=O)c2c(Cl)c(C(F)(F)F)nn2C)c1. The van der Waals surface area contributed by atoms with Crippen LogP contribution in [0, 0.1) is 0 Å². The summed E-state index contributed by atoms with van der Waals surface area (Å²) >= 11 is 5.80. The summed E-state index contributed by atoms with van der Waals surface area (Å²) in [4.78, 5) is 14.2. The number of hydrogen-bond acceptors (Lipinski definition) is 3. The van der Waals surface area contributed by atoms with Crippen LogP contribution in [0.2, 0.25) is 5.02 Å². The molecule has 1 aliphatic heterocycles. The number of methoxy groups -OCH3 is 1. The summed E-state index contributed by atoms with van der Waals surface area (Å²) in [5.41, 5.74) is -0.659. The maximum absolute atomic E-state index is 12.9. The summed E-state index contributed by atoms with van der Waals surface area (Å²) < 4.78 is 44.8. The molecule has 2 heterocycles. The Bertz CT molecular complexity index is 819. The molecule has 3 rings (SSSR count).